The average molecular weight is 462 g/mol. The van der Waals surface area contributed by atoms with E-state index in [1.165, 1.54) is 4.90 Å². The number of carboxylic acid groups (broad SMARTS) is 1. The third-order valence-electron chi connectivity index (χ3n) is 4.78. The van der Waals surface area contributed by atoms with Gasteiger partial charge in [0.15, 0.2) is 5.69 Å². The zero-order chi connectivity index (χ0) is 20.7. The van der Waals surface area contributed by atoms with Crippen LogP contribution in [0.5, 0.6) is 0 Å². The molecule has 9 heteroatoms. The molecule has 0 spiro atoms. The summed E-state index contributed by atoms with van der Waals surface area (Å²) in [6.45, 7) is 0.229. The van der Waals surface area contributed by atoms with Gasteiger partial charge in [-0.05, 0) is 36.4 Å². The van der Waals surface area contributed by atoms with Crippen LogP contribution in [0.15, 0.2) is 46.9 Å². The van der Waals surface area contributed by atoms with Crippen molar-refractivity contribution in [2.45, 2.75) is 13.0 Å². The van der Waals surface area contributed by atoms with Crippen LogP contribution in [0, 0.1) is 11.6 Å². The molecule has 29 heavy (non-hydrogen) atoms. The second-order valence-electron chi connectivity index (χ2n) is 6.57. The highest BCUT2D eigenvalue weighted by molar-refractivity contribution is 9.10. The summed E-state index contributed by atoms with van der Waals surface area (Å²) in [6, 6.07) is 9.99. The van der Waals surface area contributed by atoms with E-state index in [0.29, 0.717) is 29.4 Å². The number of aromatic carboxylic acids is 1. The number of nitrogens with zero attached hydrogens (tertiary/aromatic N) is 3. The zero-order valence-corrected chi connectivity index (χ0v) is 16.5. The molecule has 1 amide bonds. The molecule has 0 atom stereocenters. The SMILES string of the molecule is O=C(O)c1nn(-c2ccc(Br)cc2)c2c1CN(C(=O)c1ccc(F)cc1F)CC2. The van der Waals surface area contributed by atoms with Gasteiger partial charge in [-0.3, -0.25) is 4.79 Å². The summed E-state index contributed by atoms with van der Waals surface area (Å²) in [6.07, 6.45) is 0.347. The van der Waals surface area contributed by atoms with Crippen molar-refractivity contribution < 1.29 is 23.5 Å². The van der Waals surface area contributed by atoms with Crippen LogP contribution in [0.25, 0.3) is 5.69 Å². The van der Waals surface area contributed by atoms with E-state index in [1.807, 2.05) is 12.1 Å². The Bertz CT molecular complexity index is 1130. The topological polar surface area (TPSA) is 75.4 Å². The fourth-order valence-corrected chi connectivity index (χ4v) is 3.66. The second-order valence-corrected chi connectivity index (χ2v) is 7.48. The minimum Gasteiger partial charge on any atom is -0.476 e. The number of benzene rings is 2. The molecule has 3 aromatic rings. The number of carbonyl (C=O) groups excluding carboxylic acids is 1. The lowest BCUT2D eigenvalue weighted by Gasteiger charge is -2.28. The van der Waals surface area contributed by atoms with Crippen LogP contribution >= 0.6 is 15.9 Å². The van der Waals surface area contributed by atoms with E-state index in [4.69, 9.17) is 0 Å². The van der Waals surface area contributed by atoms with Gasteiger partial charge in [-0.1, -0.05) is 15.9 Å². The summed E-state index contributed by atoms with van der Waals surface area (Å²) in [5.41, 5.74) is 1.38. The van der Waals surface area contributed by atoms with Crippen molar-refractivity contribution in [1.82, 2.24) is 14.7 Å². The first-order valence-electron chi connectivity index (χ1n) is 8.69. The number of amides is 1. The monoisotopic (exact) mass is 461 g/mol. The van der Waals surface area contributed by atoms with Gasteiger partial charge in [0, 0.05) is 29.1 Å². The molecule has 6 nitrogen and oxygen atoms in total. The van der Waals surface area contributed by atoms with Gasteiger partial charge in [-0.15, -0.1) is 0 Å². The van der Waals surface area contributed by atoms with Crippen molar-refractivity contribution in [1.29, 1.82) is 0 Å². The van der Waals surface area contributed by atoms with Crippen LogP contribution < -0.4 is 0 Å². The first-order valence-corrected chi connectivity index (χ1v) is 9.49. The molecule has 0 fully saturated rings. The molecule has 0 saturated heterocycles. The molecular formula is C20H14BrF2N3O3. The van der Waals surface area contributed by atoms with E-state index in [-0.39, 0.29) is 24.3 Å². The minimum absolute atomic E-state index is 0.0247. The smallest absolute Gasteiger partial charge is 0.356 e. The summed E-state index contributed by atoms with van der Waals surface area (Å²) in [5, 5.41) is 13.8. The maximum absolute atomic E-state index is 14.0. The molecule has 0 bridgehead atoms. The summed E-state index contributed by atoms with van der Waals surface area (Å²) in [4.78, 5) is 25.8. The number of fused-ring (bicyclic) bond motifs is 1. The van der Waals surface area contributed by atoms with Gasteiger partial charge in [-0.2, -0.15) is 5.10 Å². The van der Waals surface area contributed by atoms with E-state index in [2.05, 4.69) is 21.0 Å². The molecule has 2 aromatic carbocycles. The number of carboxylic acids is 1. The van der Waals surface area contributed by atoms with Crippen molar-refractivity contribution in [2.24, 2.45) is 0 Å². The largest absolute Gasteiger partial charge is 0.476 e. The van der Waals surface area contributed by atoms with Gasteiger partial charge in [0.2, 0.25) is 0 Å². The minimum atomic E-state index is -1.21. The average Bonchev–Trinajstić information content (AvgIpc) is 3.07. The number of rotatable bonds is 3. The van der Waals surface area contributed by atoms with Gasteiger partial charge in [0.1, 0.15) is 11.6 Å². The van der Waals surface area contributed by atoms with Crippen molar-refractivity contribution in [3.63, 3.8) is 0 Å². The number of aromatic nitrogens is 2. The predicted molar refractivity (Wildman–Crippen MR) is 103 cm³/mol. The van der Waals surface area contributed by atoms with Gasteiger partial charge >= 0.3 is 5.97 Å². The first kappa shape index (κ1) is 19.3. The fourth-order valence-electron chi connectivity index (χ4n) is 3.39. The van der Waals surface area contributed by atoms with Gasteiger partial charge < -0.3 is 10.0 Å². The Kier molecular flexibility index (Phi) is 4.91. The molecule has 0 unspecified atom stereocenters. The molecule has 4 rings (SSSR count). The van der Waals surface area contributed by atoms with Crippen molar-refractivity contribution in [3.05, 3.63) is 81.1 Å². The van der Waals surface area contributed by atoms with Gasteiger partial charge in [0.25, 0.3) is 5.91 Å². The van der Waals surface area contributed by atoms with Crippen LogP contribution in [0.2, 0.25) is 0 Å². The lowest BCUT2D eigenvalue weighted by atomic mass is 10.0. The van der Waals surface area contributed by atoms with Crippen LogP contribution in [-0.2, 0) is 13.0 Å². The third kappa shape index (κ3) is 3.53. The van der Waals surface area contributed by atoms with E-state index >= 15 is 0 Å². The van der Waals surface area contributed by atoms with E-state index in [0.717, 1.165) is 16.6 Å². The Morgan fingerprint density at radius 2 is 1.83 bits per heavy atom. The highest BCUT2D eigenvalue weighted by Crippen LogP contribution is 2.27. The molecule has 2 heterocycles. The fraction of sp³-hybridized carbons (Fsp3) is 0.150. The quantitative estimate of drug-likeness (QED) is 0.643. The van der Waals surface area contributed by atoms with Gasteiger partial charge in [0.05, 0.1) is 23.5 Å². The molecule has 0 radical (unpaired) electrons. The van der Waals surface area contributed by atoms with Crippen molar-refractivity contribution in [3.8, 4) is 5.69 Å². The molecular weight excluding hydrogens is 448 g/mol. The van der Waals surface area contributed by atoms with E-state index in [1.54, 1.807) is 16.8 Å². The molecule has 1 aliphatic heterocycles. The van der Waals surface area contributed by atoms with Crippen molar-refractivity contribution >= 4 is 27.8 Å². The highest BCUT2D eigenvalue weighted by atomic mass is 79.9. The molecule has 1 aliphatic rings. The Morgan fingerprint density at radius 1 is 1.10 bits per heavy atom. The molecule has 1 aromatic heterocycles. The summed E-state index contributed by atoms with van der Waals surface area (Å²) < 4.78 is 29.6. The molecule has 0 aliphatic carbocycles. The zero-order valence-electron chi connectivity index (χ0n) is 14.9. The lowest BCUT2D eigenvalue weighted by molar-refractivity contribution is 0.0673. The van der Waals surface area contributed by atoms with Crippen LogP contribution in [0.3, 0.4) is 0 Å². The summed E-state index contributed by atoms with van der Waals surface area (Å²) in [5.74, 6) is -3.56. The second kappa shape index (κ2) is 7.40. The van der Waals surface area contributed by atoms with Gasteiger partial charge in [-0.25, -0.2) is 18.3 Å². The molecule has 148 valence electrons. The Balaban J connectivity index is 1.71. The summed E-state index contributed by atoms with van der Waals surface area (Å²) >= 11 is 3.36. The molecule has 1 N–H and O–H groups in total. The van der Waals surface area contributed by atoms with Crippen LogP contribution in [-0.4, -0.2) is 38.2 Å². The van der Waals surface area contributed by atoms with Crippen molar-refractivity contribution in [2.75, 3.05) is 6.54 Å². The number of hydrogen-bond acceptors (Lipinski definition) is 3. The number of carbonyl (C=O) groups is 2. The maximum atomic E-state index is 14.0. The summed E-state index contributed by atoms with van der Waals surface area (Å²) in [7, 11) is 0. The van der Waals surface area contributed by atoms with Crippen LogP contribution in [0.4, 0.5) is 8.78 Å². The third-order valence-corrected chi connectivity index (χ3v) is 5.31. The number of halogens is 3. The Labute approximate surface area is 172 Å². The van der Waals surface area contributed by atoms with E-state index in [9.17, 15) is 23.5 Å². The predicted octanol–water partition coefficient (Wildman–Crippen LogP) is 3.81. The van der Waals surface area contributed by atoms with E-state index < -0.39 is 23.5 Å². The lowest BCUT2D eigenvalue weighted by Crippen LogP contribution is -2.37. The number of hydrogen-bond donors (Lipinski definition) is 1. The highest BCUT2D eigenvalue weighted by Gasteiger charge is 2.31. The molecule has 0 saturated carbocycles. The Morgan fingerprint density at radius 3 is 2.48 bits per heavy atom. The first-order chi connectivity index (χ1) is 13.8. The van der Waals surface area contributed by atoms with Crippen LogP contribution in [0.1, 0.15) is 32.1 Å². The standard InChI is InChI=1S/C20H14BrF2N3O3/c21-11-1-4-13(5-2-11)26-17-7-8-25(10-15(17)18(24-26)20(28)29)19(27)14-6-3-12(22)9-16(14)23/h1-6,9H,7-8,10H2,(H,28,29). The normalized spacial score (nSPS) is 13.3. The Hall–Kier alpha value is -3.07. The maximum Gasteiger partial charge on any atom is 0.356 e.